The minimum Gasteiger partial charge on any atom is -0.326 e. The maximum Gasteiger partial charge on any atom is 0.324 e. The van der Waals surface area contributed by atoms with Crippen LogP contribution in [0.1, 0.15) is 38.4 Å². The molecule has 3 aromatic carbocycles. The Balaban J connectivity index is 1.47. The van der Waals surface area contributed by atoms with Gasteiger partial charge < -0.3 is 10.6 Å². The van der Waals surface area contributed by atoms with Crippen LogP contribution in [0.5, 0.6) is 0 Å². The highest BCUT2D eigenvalue weighted by Crippen LogP contribution is 2.30. The molecule has 3 amide bonds. The fourth-order valence-electron chi connectivity index (χ4n) is 4.14. The van der Waals surface area contributed by atoms with Gasteiger partial charge in [-0.05, 0) is 41.6 Å². The number of fused-ring (bicyclic) bond motifs is 2. The monoisotopic (exact) mass is 453 g/mol. The lowest BCUT2D eigenvalue weighted by molar-refractivity contribution is -0.116. The van der Waals surface area contributed by atoms with E-state index in [4.69, 9.17) is 5.10 Å². The summed E-state index contributed by atoms with van der Waals surface area (Å²) < 4.78 is 1.75. The summed E-state index contributed by atoms with van der Waals surface area (Å²) in [4.78, 5) is 24.7. The summed E-state index contributed by atoms with van der Waals surface area (Å²) in [5.74, 6) is 0.601. The summed E-state index contributed by atoms with van der Waals surface area (Å²) >= 11 is 0. The number of nitrogens with one attached hydrogen (secondary N) is 3. The second-order valence-corrected chi connectivity index (χ2v) is 9.57. The van der Waals surface area contributed by atoms with Crippen LogP contribution in [0.15, 0.2) is 66.7 Å². The molecule has 3 N–H and O–H groups in total. The smallest absolute Gasteiger partial charge is 0.324 e. The molecule has 0 aliphatic carbocycles. The highest BCUT2D eigenvalue weighted by Gasteiger charge is 2.23. The molecular weight excluding hydrogens is 426 g/mol. The average Bonchev–Trinajstić information content (AvgIpc) is 3.23. The quantitative estimate of drug-likeness (QED) is 0.363. The van der Waals surface area contributed by atoms with Crippen molar-refractivity contribution in [2.24, 2.45) is 0 Å². The SMILES string of the molecule is CC(C)(C)c1cc(NC(=O)Nc2cccc3ccccc23)n(-c2ccc3c(c2)CCC(=O)N3)n1. The van der Waals surface area contributed by atoms with Crippen LogP contribution in [0, 0.1) is 0 Å². The Kier molecular flexibility index (Phi) is 5.32. The third-order valence-corrected chi connectivity index (χ3v) is 5.99. The molecule has 1 aromatic heterocycles. The van der Waals surface area contributed by atoms with Crippen LogP contribution >= 0.6 is 0 Å². The molecule has 0 saturated heterocycles. The van der Waals surface area contributed by atoms with Crippen LogP contribution in [0.2, 0.25) is 0 Å². The van der Waals surface area contributed by atoms with Gasteiger partial charge in [0.1, 0.15) is 5.82 Å². The summed E-state index contributed by atoms with van der Waals surface area (Å²) in [6, 6.07) is 21.1. The Hall–Kier alpha value is -4.13. The second-order valence-electron chi connectivity index (χ2n) is 9.57. The number of anilines is 3. The first-order valence-electron chi connectivity index (χ1n) is 11.4. The summed E-state index contributed by atoms with van der Waals surface area (Å²) in [6.45, 7) is 6.26. The highest BCUT2D eigenvalue weighted by molar-refractivity contribution is 6.06. The first-order chi connectivity index (χ1) is 16.3. The number of carbonyl (C=O) groups excluding carboxylic acids is 2. The zero-order valence-electron chi connectivity index (χ0n) is 19.5. The van der Waals surface area contributed by atoms with Crippen LogP contribution in [0.25, 0.3) is 16.5 Å². The van der Waals surface area contributed by atoms with Crippen LogP contribution in [-0.2, 0) is 16.6 Å². The van der Waals surface area contributed by atoms with Crippen LogP contribution < -0.4 is 16.0 Å². The second kappa shape index (κ2) is 8.33. The number of hydrogen-bond donors (Lipinski definition) is 3. The number of carbonyl (C=O) groups is 2. The number of aromatic nitrogens is 2. The van der Waals surface area contributed by atoms with Gasteiger partial charge in [0.25, 0.3) is 0 Å². The van der Waals surface area contributed by atoms with E-state index in [1.165, 1.54) is 0 Å². The predicted octanol–water partition coefficient (Wildman–Crippen LogP) is 5.85. The van der Waals surface area contributed by atoms with Crippen molar-refractivity contribution < 1.29 is 9.59 Å². The predicted molar refractivity (Wildman–Crippen MR) is 136 cm³/mol. The van der Waals surface area contributed by atoms with Gasteiger partial charge in [0, 0.05) is 29.0 Å². The van der Waals surface area contributed by atoms with Crippen molar-refractivity contribution in [2.45, 2.75) is 39.0 Å². The lowest BCUT2D eigenvalue weighted by atomic mass is 9.92. The molecule has 0 unspecified atom stereocenters. The number of nitrogens with zero attached hydrogens (tertiary/aromatic N) is 2. The molecule has 1 aliphatic rings. The minimum absolute atomic E-state index is 0.0295. The largest absolute Gasteiger partial charge is 0.326 e. The first kappa shape index (κ1) is 21.7. The number of aryl methyl sites for hydroxylation is 1. The summed E-state index contributed by atoms with van der Waals surface area (Å²) in [5.41, 5.74) is 4.10. The van der Waals surface area contributed by atoms with Gasteiger partial charge in [0.05, 0.1) is 17.1 Å². The molecule has 4 aromatic rings. The van der Waals surface area contributed by atoms with Crippen molar-refractivity contribution in [1.82, 2.24) is 9.78 Å². The number of urea groups is 1. The van der Waals surface area contributed by atoms with E-state index in [1.807, 2.05) is 66.7 Å². The van der Waals surface area contributed by atoms with Crippen molar-refractivity contribution in [1.29, 1.82) is 0 Å². The van der Waals surface area contributed by atoms with Crippen molar-refractivity contribution in [3.8, 4) is 5.69 Å². The Morgan fingerprint density at radius 3 is 2.59 bits per heavy atom. The molecule has 0 radical (unpaired) electrons. The van der Waals surface area contributed by atoms with Gasteiger partial charge in [-0.25, -0.2) is 9.48 Å². The summed E-state index contributed by atoms with van der Waals surface area (Å²) in [7, 11) is 0. The average molecular weight is 454 g/mol. The van der Waals surface area contributed by atoms with E-state index >= 15 is 0 Å². The van der Waals surface area contributed by atoms with Crippen molar-refractivity contribution in [3.05, 3.63) is 78.0 Å². The maximum atomic E-state index is 13.0. The molecule has 7 nitrogen and oxygen atoms in total. The Morgan fingerprint density at radius 1 is 0.971 bits per heavy atom. The van der Waals surface area contributed by atoms with Gasteiger partial charge in [0.15, 0.2) is 0 Å². The van der Waals surface area contributed by atoms with Gasteiger partial charge in [-0.15, -0.1) is 0 Å². The van der Waals surface area contributed by atoms with Gasteiger partial charge >= 0.3 is 6.03 Å². The number of benzene rings is 3. The molecule has 172 valence electrons. The van der Waals surface area contributed by atoms with E-state index < -0.39 is 0 Å². The molecule has 0 spiro atoms. The van der Waals surface area contributed by atoms with Crippen molar-refractivity contribution in [3.63, 3.8) is 0 Å². The highest BCUT2D eigenvalue weighted by atomic mass is 16.2. The van der Waals surface area contributed by atoms with E-state index in [1.54, 1.807) is 4.68 Å². The Labute approximate surface area is 198 Å². The minimum atomic E-state index is -0.344. The topological polar surface area (TPSA) is 88.0 Å². The van der Waals surface area contributed by atoms with Crippen LogP contribution in [0.4, 0.5) is 22.0 Å². The van der Waals surface area contributed by atoms with Gasteiger partial charge in [-0.3, -0.25) is 10.1 Å². The third kappa shape index (κ3) is 4.24. The standard InChI is InChI=1S/C27H27N5O2/c1-27(2,3)23-16-24(30-26(34)29-22-10-6-8-17-7-4-5-9-20(17)22)32(31-23)19-12-13-21-18(15-19)11-14-25(33)28-21/h4-10,12-13,15-16H,11,14H2,1-3H3,(H,28,33)(H2,29,30,34). The number of hydrogen-bond acceptors (Lipinski definition) is 3. The van der Waals surface area contributed by atoms with E-state index in [0.717, 1.165) is 39.1 Å². The molecule has 34 heavy (non-hydrogen) atoms. The lowest BCUT2D eigenvalue weighted by Gasteiger charge is -2.18. The Morgan fingerprint density at radius 2 is 1.76 bits per heavy atom. The number of rotatable bonds is 3. The van der Waals surface area contributed by atoms with Gasteiger partial charge in [0.2, 0.25) is 5.91 Å². The molecule has 0 fully saturated rings. The fraction of sp³-hybridized carbons (Fsp3) is 0.222. The summed E-state index contributed by atoms with van der Waals surface area (Å²) in [6.07, 6.45) is 1.13. The van der Waals surface area contributed by atoms with Crippen molar-refractivity contribution >= 4 is 39.9 Å². The normalized spacial score (nSPS) is 13.3. The van der Waals surface area contributed by atoms with E-state index in [0.29, 0.717) is 18.7 Å². The molecule has 0 saturated carbocycles. The molecule has 2 heterocycles. The first-order valence-corrected chi connectivity index (χ1v) is 11.4. The van der Waals surface area contributed by atoms with E-state index in [9.17, 15) is 9.59 Å². The molecule has 0 bridgehead atoms. The van der Waals surface area contributed by atoms with Gasteiger partial charge in [-0.1, -0.05) is 57.2 Å². The fourth-order valence-corrected chi connectivity index (χ4v) is 4.14. The zero-order chi connectivity index (χ0) is 23.9. The third-order valence-electron chi connectivity index (χ3n) is 5.99. The molecular formula is C27H27N5O2. The molecule has 1 aliphatic heterocycles. The lowest BCUT2D eigenvalue weighted by Crippen LogP contribution is -2.22. The Bertz CT molecular complexity index is 1410. The molecule has 5 rings (SSSR count). The summed E-state index contributed by atoms with van der Waals surface area (Å²) in [5, 5.41) is 15.7. The zero-order valence-corrected chi connectivity index (χ0v) is 19.5. The van der Waals surface area contributed by atoms with E-state index in [-0.39, 0.29) is 17.4 Å². The molecule has 7 heteroatoms. The molecule has 0 atom stereocenters. The van der Waals surface area contributed by atoms with Crippen molar-refractivity contribution in [2.75, 3.05) is 16.0 Å². The maximum absolute atomic E-state index is 13.0. The van der Waals surface area contributed by atoms with Gasteiger partial charge in [-0.2, -0.15) is 5.10 Å². The van der Waals surface area contributed by atoms with Crippen LogP contribution in [-0.4, -0.2) is 21.7 Å². The van der Waals surface area contributed by atoms with E-state index in [2.05, 4.69) is 36.7 Å². The number of amides is 3. The van der Waals surface area contributed by atoms with Crippen LogP contribution in [0.3, 0.4) is 0 Å².